The number of hydrogen-bond acceptors (Lipinski definition) is 5. The van der Waals surface area contributed by atoms with Gasteiger partial charge in [0.25, 0.3) is 5.24 Å². The molecule has 2 saturated heterocycles. The number of nitrogens with zero attached hydrogens (tertiary/aromatic N) is 3. The quantitative estimate of drug-likeness (QED) is 0.694. The lowest BCUT2D eigenvalue weighted by molar-refractivity contribution is -0.136. The van der Waals surface area contributed by atoms with E-state index in [0.717, 1.165) is 54.7 Å². The van der Waals surface area contributed by atoms with Gasteiger partial charge in [-0.3, -0.25) is 19.3 Å². The summed E-state index contributed by atoms with van der Waals surface area (Å²) < 4.78 is 13.8. The summed E-state index contributed by atoms with van der Waals surface area (Å²) in [5.74, 6) is -0.218. The molecule has 2 fully saturated rings. The van der Waals surface area contributed by atoms with Crippen molar-refractivity contribution in [2.75, 3.05) is 45.5 Å². The lowest BCUT2D eigenvalue weighted by Crippen LogP contribution is -2.45. The van der Waals surface area contributed by atoms with Crippen molar-refractivity contribution in [2.45, 2.75) is 19.3 Å². The molecule has 3 amide bonds. The predicted octanol–water partition coefficient (Wildman–Crippen LogP) is 2.23. The highest BCUT2D eigenvalue weighted by molar-refractivity contribution is 8.14. The fraction of sp³-hybridized carbons (Fsp3) is 0.550. The lowest BCUT2D eigenvalue weighted by Gasteiger charge is -2.35. The van der Waals surface area contributed by atoms with Gasteiger partial charge in [0.15, 0.2) is 0 Å². The van der Waals surface area contributed by atoms with Gasteiger partial charge in [0.1, 0.15) is 12.4 Å². The summed E-state index contributed by atoms with van der Waals surface area (Å²) in [5, 5.41) is -0.344. The molecule has 8 heteroatoms. The van der Waals surface area contributed by atoms with Gasteiger partial charge in [0, 0.05) is 26.7 Å². The third-order valence-electron chi connectivity index (χ3n) is 5.35. The highest BCUT2D eigenvalue weighted by Gasteiger charge is 2.32. The van der Waals surface area contributed by atoms with Crippen molar-refractivity contribution in [1.82, 2.24) is 14.7 Å². The third kappa shape index (κ3) is 5.32. The Hall–Kier alpha value is -1.93. The van der Waals surface area contributed by atoms with E-state index in [1.54, 1.807) is 18.0 Å². The van der Waals surface area contributed by atoms with Gasteiger partial charge in [-0.15, -0.1) is 0 Å². The first-order valence-electron chi connectivity index (χ1n) is 9.61. The largest absolute Gasteiger partial charge is 0.344 e. The Morgan fingerprint density at radius 2 is 2.11 bits per heavy atom. The van der Waals surface area contributed by atoms with Gasteiger partial charge in [0.2, 0.25) is 11.8 Å². The maximum absolute atomic E-state index is 13.8. The van der Waals surface area contributed by atoms with Gasteiger partial charge >= 0.3 is 0 Å². The van der Waals surface area contributed by atoms with Gasteiger partial charge in [-0.1, -0.05) is 30.0 Å². The van der Waals surface area contributed by atoms with Crippen LogP contribution in [0.2, 0.25) is 0 Å². The number of piperidine rings is 1. The molecule has 1 aromatic carbocycles. The van der Waals surface area contributed by atoms with Crippen LogP contribution in [0.15, 0.2) is 24.3 Å². The average Bonchev–Trinajstić information content (AvgIpc) is 2.99. The SMILES string of the molecule is CN(C[C@H]1CCCN(CCc2ccccc2F)C1)C(=O)CN1C(=O)CSC1=O. The Balaban J connectivity index is 1.46. The molecule has 1 atom stereocenters. The van der Waals surface area contributed by atoms with Crippen LogP contribution in [0.3, 0.4) is 0 Å². The first-order valence-corrected chi connectivity index (χ1v) is 10.6. The molecule has 1 aromatic rings. The molecule has 2 heterocycles. The van der Waals surface area contributed by atoms with Gasteiger partial charge in [-0.05, 0) is 43.4 Å². The van der Waals surface area contributed by atoms with E-state index in [1.165, 1.54) is 6.07 Å². The molecule has 0 spiro atoms. The summed E-state index contributed by atoms with van der Waals surface area (Å²) in [6.07, 6.45) is 2.75. The number of likely N-dealkylation sites (tertiary alicyclic amines) is 1. The predicted molar refractivity (Wildman–Crippen MR) is 106 cm³/mol. The highest BCUT2D eigenvalue weighted by Crippen LogP contribution is 2.20. The molecular formula is C20H26FN3O3S. The minimum Gasteiger partial charge on any atom is -0.344 e. The Labute approximate surface area is 169 Å². The van der Waals surface area contributed by atoms with E-state index in [2.05, 4.69) is 4.90 Å². The number of carbonyl (C=O) groups excluding carboxylic acids is 3. The maximum atomic E-state index is 13.8. The standard InChI is InChI=1S/C20H26FN3O3S/c1-22(18(25)13-24-19(26)14-28-20(24)27)11-15-5-4-9-23(12-15)10-8-16-6-2-3-7-17(16)21/h2-3,6-7,15H,4-5,8-14H2,1H3/t15-/m1/s1. The zero-order chi connectivity index (χ0) is 20.1. The number of halogens is 1. The topological polar surface area (TPSA) is 60.9 Å². The number of hydrogen-bond donors (Lipinski definition) is 0. The number of imide groups is 1. The van der Waals surface area contributed by atoms with Crippen molar-refractivity contribution >= 4 is 28.8 Å². The highest BCUT2D eigenvalue weighted by atomic mass is 32.2. The van der Waals surface area contributed by atoms with Gasteiger partial charge in [-0.2, -0.15) is 0 Å². The molecule has 6 nitrogen and oxygen atoms in total. The summed E-state index contributed by atoms with van der Waals surface area (Å²) in [5.41, 5.74) is 0.731. The molecule has 0 aliphatic carbocycles. The zero-order valence-corrected chi connectivity index (χ0v) is 16.9. The summed E-state index contributed by atoms with van der Waals surface area (Å²) in [4.78, 5) is 40.7. The summed E-state index contributed by atoms with van der Waals surface area (Å²) >= 11 is 0.941. The molecule has 3 rings (SSSR count). The van der Waals surface area contributed by atoms with Crippen LogP contribution in [0.5, 0.6) is 0 Å². The fourth-order valence-electron chi connectivity index (χ4n) is 3.76. The monoisotopic (exact) mass is 407 g/mol. The van der Waals surface area contributed by atoms with Gasteiger partial charge < -0.3 is 9.80 Å². The van der Waals surface area contributed by atoms with Crippen LogP contribution in [0.1, 0.15) is 18.4 Å². The second kappa shape index (κ2) is 9.52. The van der Waals surface area contributed by atoms with E-state index in [4.69, 9.17) is 0 Å². The Morgan fingerprint density at radius 1 is 1.32 bits per heavy atom. The zero-order valence-electron chi connectivity index (χ0n) is 16.1. The van der Waals surface area contributed by atoms with E-state index in [-0.39, 0.29) is 35.2 Å². The first kappa shape index (κ1) is 20.8. The summed E-state index contributed by atoms with van der Waals surface area (Å²) in [6.45, 7) is 3.06. The Kier molecular flexibility index (Phi) is 7.07. The number of thioether (sulfide) groups is 1. The van der Waals surface area contributed by atoms with Crippen LogP contribution in [0, 0.1) is 11.7 Å². The van der Waals surface area contributed by atoms with Crippen molar-refractivity contribution in [3.63, 3.8) is 0 Å². The van der Waals surface area contributed by atoms with Gasteiger partial charge in [0.05, 0.1) is 5.75 Å². The molecule has 0 radical (unpaired) electrons. The molecule has 0 unspecified atom stereocenters. The fourth-order valence-corrected chi connectivity index (χ4v) is 4.49. The summed E-state index contributed by atoms with van der Waals surface area (Å²) in [7, 11) is 1.72. The number of carbonyl (C=O) groups is 3. The number of amides is 3. The van der Waals surface area contributed by atoms with Crippen molar-refractivity contribution < 1.29 is 18.8 Å². The number of likely N-dealkylation sites (N-methyl/N-ethyl adjacent to an activating group) is 1. The second-order valence-corrected chi connectivity index (χ2v) is 8.39. The van der Waals surface area contributed by atoms with E-state index in [1.807, 2.05) is 12.1 Å². The molecular weight excluding hydrogens is 381 g/mol. The van der Waals surface area contributed by atoms with Crippen molar-refractivity contribution in [1.29, 1.82) is 0 Å². The minimum absolute atomic E-state index is 0.120. The molecule has 0 bridgehead atoms. The Morgan fingerprint density at radius 3 is 2.82 bits per heavy atom. The second-order valence-electron chi connectivity index (χ2n) is 7.46. The Bertz CT molecular complexity index is 729. The third-order valence-corrected chi connectivity index (χ3v) is 6.21. The van der Waals surface area contributed by atoms with E-state index in [0.29, 0.717) is 18.9 Å². The number of rotatable bonds is 7. The van der Waals surface area contributed by atoms with Crippen LogP contribution in [0.4, 0.5) is 9.18 Å². The average molecular weight is 408 g/mol. The minimum atomic E-state index is -0.344. The van der Waals surface area contributed by atoms with Crippen LogP contribution < -0.4 is 0 Å². The normalized spacial score (nSPS) is 20.6. The van der Waals surface area contributed by atoms with E-state index < -0.39 is 0 Å². The molecule has 2 aliphatic heterocycles. The summed E-state index contributed by atoms with van der Waals surface area (Å²) in [6, 6.07) is 6.86. The van der Waals surface area contributed by atoms with Crippen LogP contribution >= 0.6 is 11.8 Å². The van der Waals surface area contributed by atoms with Gasteiger partial charge in [-0.25, -0.2) is 4.39 Å². The van der Waals surface area contributed by atoms with E-state index >= 15 is 0 Å². The maximum Gasteiger partial charge on any atom is 0.289 e. The van der Waals surface area contributed by atoms with E-state index in [9.17, 15) is 18.8 Å². The van der Waals surface area contributed by atoms with Crippen molar-refractivity contribution in [2.24, 2.45) is 5.92 Å². The molecule has 0 aromatic heterocycles. The van der Waals surface area contributed by atoms with Crippen LogP contribution in [-0.4, -0.2) is 77.3 Å². The molecule has 0 saturated carbocycles. The van der Waals surface area contributed by atoms with Crippen LogP contribution in [-0.2, 0) is 16.0 Å². The first-order chi connectivity index (χ1) is 13.4. The van der Waals surface area contributed by atoms with Crippen LogP contribution in [0.25, 0.3) is 0 Å². The van der Waals surface area contributed by atoms with Crippen molar-refractivity contribution in [3.8, 4) is 0 Å². The molecule has 2 aliphatic rings. The van der Waals surface area contributed by atoms with Crippen molar-refractivity contribution in [3.05, 3.63) is 35.6 Å². The lowest BCUT2D eigenvalue weighted by atomic mass is 9.97. The number of benzene rings is 1. The molecule has 152 valence electrons. The molecule has 28 heavy (non-hydrogen) atoms. The smallest absolute Gasteiger partial charge is 0.289 e. The molecule has 0 N–H and O–H groups in total.